The molecular weight excluding hydrogens is 162 g/mol. The maximum absolute atomic E-state index is 9.88. The summed E-state index contributed by atoms with van der Waals surface area (Å²) in [6.45, 7) is 1.20. The van der Waals surface area contributed by atoms with Crippen LogP contribution in [0.5, 0.6) is 0 Å². The first-order valence-corrected chi connectivity index (χ1v) is 5.27. The number of nitrogens with zero attached hydrogens (tertiary/aromatic N) is 1. The predicted molar refractivity (Wildman–Crippen MR) is 56.6 cm³/mol. The molecule has 0 rings (SSSR count). The van der Waals surface area contributed by atoms with Crippen molar-refractivity contribution in [3.63, 3.8) is 0 Å². The molecule has 2 nitrogen and oxygen atoms in total. The fourth-order valence-electron chi connectivity index (χ4n) is 1.33. The number of carbonyl (C=O) groups excluding carboxylic acids is 1. The van der Waals surface area contributed by atoms with E-state index < -0.39 is 0 Å². The minimum Gasteiger partial charge on any atom is -0.309 e. The minimum absolute atomic E-state index is 0.623. The van der Waals surface area contributed by atoms with Crippen molar-refractivity contribution in [3.8, 4) is 0 Å². The maximum atomic E-state index is 9.88. The molecule has 0 aromatic carbocycles. The number of rotatable bonds is 9. The number of hydrogen-bond donors (Lipinski definition) is 0. The first-order valence-electron chi connectivity index (χ1n) is 5.27. The standard InChI is InChI=1S/C11H22NO/c1-12(2)10-8-6-4-3-5-7-9-11-13/h3-10H2,1-2H3. The molecule has 0 atom stereocenters. The molecule has 13 heavy (non-hydrogen) atoms. The molecule has 0 aliphatic carbocycles. The van der Waals surface area contributed by atoms with Crippen molar-refractivity contribution in [1.82, 2.24) is 4.90 Å². The molecule has 0 saturated carbocycles. The van der Waals surface area contributed by atoms with Crippen molar-refractivity contribution in [3.05, 3.63) is 0 Å². The van der Waals surface area contributed by atoms with Crippen molar-refractivity contribution >= 4 is 6.29 Å². The van der Waals surface area contributed by atoms with Crippen molar-refractivity contribution < 1.29 is 4.79 Å². The lowest BCUT2D eigenvalue weighted by Gasteiger charge is -2.08. The van der Waals surface area contributed by atoms with Crippen LogP contribution in [0.4, 0.5) is 0 Å². The molecule has 0 saturated heterocycles. The largest absolute Gasteiger partial charge is 0.309 e. The molecule has 0 spiro atoms. The number of unbranched alkanes of at least 4 members (excludes halogenated alkanes) is 6. The van der Waals surface area contributed by atoms with Crippen LogP contribution in [0, 0.1) is 0 Å². The van der Waals surface area contributed by atoms with Crippen LogP contribution >= 0.6 is 0 Å². The summed E-state index contributed by atoms with van der Waals surface area (Å²) >= 11 is 0. The molecule has 0 aromatic heterocycles. The molecule has 0 unspecified atom stereocenters. The molecule has 0 aliphatic heterocycles. The van der Waals surface area contributed by atoms with Gasteiger partial charge < -0.3 is 4.90 Å². The van der Waals surface area contributed by atoms with Gasteiger partial charge in [-0.25, -0.2) is 0 Å². The molecule has 0 amide bonds. The van der Waals surface area contributed by atoms with E-state index in [-0.39, 0.29) is 0 Å². The quantitative estimate of drug-likeness (QED) is 0.513. The smallest absolute Gasteiger partial charge is 0.198 e. The second-order valence-corrected chi connectivity index (χ2v) is 3.82. The molecule has 2 heteroatoms. The normalized spacial score (nSPS) is 10.7. The van der Waals surface area contributed by atoms with Gasteiger partial charge in [0.25, 0.3) is 0 Å². The van der Waals surface area contributed by atoms with Crippen molar-refractivity contribution in [1.29, 1.82) is 0 Å². The third kappa shape index (κ3) is 11.6. The van der Waals surface area contributed by atoms with Crippen LogP contribution in [-0.4, -0.2) is 31.8 Å². The Bertz CT molecular complexity index is 113. The summed E-state index contributed by atoms with van der Waals surface area (Å²) in [6.07, 6.45) is 9.97. The van der Waals surface area contributed by atoms with Gasteiger partial charge in [0.05, 0.1) is 0 Å². The summed E-state index contributed by atoms with van der Waals surface area (Å²) in [6, 6.07) is 0. The molecular formula is C11H22NO. The van der Waals surface area contributed by atoms with Crippen LogP contribution < -0.4 is 0 Å². The van der Waals surface area contributed by atoms with E-state index in [9.17, 15) is 4.79 Å². The molecule has 0 aromatic rings. The van der Waals surface area contributed by atoms with Gasteiger partial charge in [0.1, 0.15) is 0 Å². The summed E-state index contributed by atoms with van der Waals surface area (Å²) in [5.41, 5.74) is 0. The molecule has 77 valence electrons. The third-order valence-corrected chi connectivity index (χ3v) is 2.13. The maximum Gasteiger partial charge on any atom is 0.198 e. The number of hydrogen-bond acceptors (Lipinski definition) is 2. The second-order valence-electron chi connectivity index (χ2n) is 3.82. The fourth-order valence-corrected chi connectivity index (χ4v) is 1.33. The summed E-state index contributed by atoms with van der Waals surface area (Å²) in [5, 5.41) is 0. The summed E-state index contributed by atoms with van der Waals surface area (Å²) in [4.78, 5) is 12.1. The van der Waals surface area contributed by atoms with E-state index in [2.05, 4.69) is 19.0 Å². The average molecular weight is 184 g/mol. The zero-order valence-corrected chi connectivity index (χ0v) is 9.01. The Morgan fingerprint density at radius 3 is 2.00 bits per heavy atom. The van der Waals surface area contributed by atoms with Crippen molar-refractivity contribution in [2.45, 2.75) is 44.9 Å². The molecule has 1 radical (unpaired) electrons. The lowest BCUT2D eigenvalue weighted by Crippen LogP contribution is -2.12. The summed E-state index contributed by atoms with van der Waals surface area (Å²) in [5.74, 6) is 0. The minimum atomic E-state index is 0.623. The van der Waals surface area contributed by atoms with Gasteiger partial charge in [0.15, 0.2) is 6.29 Å². The molecule has 0 heterocycles. The zero-order valence-electron chi connectivity index (χ0n) is 9.01. The van der Waals surface area contributed by atoms with Crippen LogP contribution in [0.25, 0.3) is 0 Å². The first kappa shape index (κ1) is 12.6. The lowest BCUT2D eigenvalue weighted by molar-refractivity contribution is 0.389. The molecule has 0 bridgehead atoms. The van der Waals surface area contributed by atoms with Gasteiger partial charge in [-0.05, 0) is 33.5 Å². The molecule has 0 fully saturated rings. The Morgan fingerprint density at radius 1 is 0.923 bits per heavy atom. The van der Waals surface area contributed by atoms with Gasteiger partial charge in [-0.15, -0.1) is 0 Å². The van der Waals surface area contributed by atoms with E-state index in [1.807, 2.05) is 6.29 Å². The Labute approximate surface area is 82.3 Å². The van der Waals surface area contributed by atoms with E-state index in [1.165, 1.54) is 38.6 Å². The van der Waals surface area contributed by atoms with Crippen LogP contribution in [0.2, 0.25) is 0 Å². The molecule has 0 aliphatic rings. The van der Waals surface area contributed by atoms with E-state index in [0.29, 0.717) is 6.42 Å². The Hall–Kier alpha value is -0.370. The SMILES string of the molecule is CN(C)CCCCCCCC[C]=O. The first-order chi connectivity index (χ1) is 6.27. The van der Waals surface area contributed by atoms with Gasteiger partial charge in [-0.1, -0.05) is 25.7 Å². The highest BCUT2D eigenvalue weighted by molar-refractivity contribution is 5.50. The Morgan fingerprint density at radius 2 is 1.46 bits per heavy atom. The highest BCUT2D eigenvalue weighted by Crippen LogP contribution is 2.06. The van der Waals surface area contributed by atoms with Crippen LogP contribution in [-0.2, 0) is 4.79 Å². The highest BCUT2D eigenvalue weighted by Gasteiger charge is 1.92. The van der Waals surface area contributed by atoms with Crippen LogP contribution in [0.15, 0.2) is 0 Å². The van der Waals surface area contributed by atoms with E-state index in [1.54, 1.807) is 0 Å². The van der Waals surface area contributed by atoms with Crippen LogP contribution in [0.3, 0.4) is 0 Å². The second kappa shape index (κ2) is 9.72. The van der Waals surface area contributed by atoms with E-state index >= 15 is 0 Å². The van der Waals surface area contributed by atoms with E-state index in [4.69, 9.17) is 0 Å². The van der Waals surface area contributed by atoms with Gasteiger partial charge in [0.2, 0.25) is 0 Å². The predicted octanol–water partition coefficient (Wildman–Crippen LogP) is 2.39. The lowest BCUT2D eigenvalue weighted by atomic mass is 10.1. The third-order valence-electron chi connectivity index (χ3n) is 2.13. The Kier molecular flexibility index (Phi) is 9.44. The topological polar surface area (TPSA) is 20.3 Å². The summed E-state index contributed by atoms with van der Waals surface area (Å²) < 4.78 is 0. The monoisotopic (exact) mass is 184 g/mol. The van der Waals surface area contributed by atoms with Crippen LogP contribution in [0.1, 0.15) is 44.9 Å². The zero-order chi connectivity index (χ0) is 9.94. The average Bonchev–Trinajstić information content (AvgIpc) is 2.09. The van der Waals surface area contributed by atoms with Gasteiger partial charge in [-0.2, -0.15) is 0 Å². The Balaban J connectivity index is 2.87. The fraction of sp³-hybridized carbons (Fsp3) is 0.909. The van der Waals surface area contributed by atoms with Crippen molar-refractivity contribution in [2.24, 2.45) is 0 Å². The van der Waals surface area contributed by atoms with Gasteiger partial charge in [-0.3, -0.25) is 4.79 Å². The highest BCUT2D eigenvalue weighted by atomic mass is 16.1. The van der Waals surface area contributed by atoms with Gasteiger partial charge >= 0.3 is 0 Å². The molecule has 0 N–H and O–H groups in total. The van der Waals surface area contributed by atoms with E-state index in [0.717, 1.165) is 6.42 Å². The summed E-state index contributed by atoms with van der Waals surface area (Å²) in [7, 11) is 4.22. The van der Waals surface area contributed by atoms with Gasteiger partial charge in [0, 0.05) is 6.42 Å². The van der Waals surface area contributed by atoms with Crippen molar-refractivity contribution in [2.75, 3.05) is 20.6 Å².